The van der Waals surface area contributed by atoms with Crippen molar-refractivity contribution < 1.29 is 29.5 Å². The molecular weight excluding hydrogens is 614 g/mol. The standard InChI is InChI=1S/C36H37N5O7/c1-24(8-5-14-33(43)38-19-7-13-29(38)23-42)36(46)30-21-28(41(47)48)15-17-32(30)39(35(36)45)22-25-9-6-12-27(20-25)40-34(44)18-16-31(37-40)26-10-3-2-4-11-26/h2-6,8-12,15,17,20-21,24,29,42,46H,7,13-14,16,18-19,22-23H2,1H3/b8-5+/t24-,29-,36+/m0/s1. The molecule has 3 aromatic carbocycles. The zero-order valence-electron chi connectivity index (χ0n) is 26.6. The molecule has 48 heavy (non-hydrogen) atoms. The van der Waals surface area contributed by atoms with Crippen LogP contribution in [-0.2, 0) is 26.5 Å². The first-order valence-corrected chi connectivity index (χ1v) is 16.1. The Bertz CT molecular complexity index is 1810. The van der Waals surface area contributed by atoms with Gasteiger partial charge >= 0.3 is 0 Å². The van der Waals surface area contributed by atoms with Crippen LogP contribution >= 0.6 is 0 Å². The molecule has 0 saturated carbocycles. The van der Waals surface area contributed by atoms with Crippen molar-refractivity contribution in [3.8, 4) is 0 Å². The van der Waals surface area contributed by atoms with Crippen LogP contribution in [0.1, 0.15) is 55.7 Å². The van der Waals surface area contributed by atoms with Crippen molar-refractivity contribution in [2.45, 2.75) is 57.2 Å². The lowest BCUT2D eigenvalue weighted by Crippen LogP contribution is -2.44. The summed E-state index contributed by atoms with van der Waals surface area (Å²) < 4.78 is 0. The number of amides is 3. The van der Waals surface area contributed by atoms with Crippen molar-refractivity contribution in [3.63, 3.8) is 0 Å². The van der Waals surface area contributed by atoms with Gasteiger partial charge < -0.3 is 20.0 Å². The number of carbonyl (C=O) groups excluding carboxylic acids is 3. The molecule has 0 radical (unpaired) electrons. The Kier molecular flexibility index (Phi) is 9.20. The first-order valence-electron chi connectivity index (χ1n) is 16.1. The molecule has 3 aliphatic rings. The fraction of sp³-hybridized carbons (Fsp3) is 0.333. The predicted molar refractivity (Wildman–Crippen MR) is 179 cm³/mol. The highest BCUT2D eigenvalue weighted by Crippen LogP contribution is 2.47. The van der Waals surface area contributed by atoms with E-state index >= 15 is 0 Å². The van der Waals surface area contributed by atoms with E-state index in [0.717, 1.165) is 24.1 Å². The zero-order chi connectivity index (χ0) is 34.0. The second-order valence-electron chi connectivity index (χ2n) is 12.4. The summed E-state index contributed by atoms with van der Waals surface area (Å²) in [6.45, 7) is 2.10. The van der Waals surface area contributed by atoms with Crippen molar-refractivity contribution >= 4 is 40.5 Å². The van der Waals surface area contributed by atoms with Gasteiger partial charge in [-0.1, -0.05) is 61.5 Å². The van der Waals surface area contributed by atoms with Crippen LogP contribution in [0.15, 0.2) is 90.0 Å². The molecular formula is C36H37N5O7. The van der Waals surface area contributed by atoms with E-state index in [9.17, 15) is 34.7 Å². The molecule has 3 atom stereocenters. The summed E-state index contributed by atoms with van der Waals surface area (Å²) in [6.07, 6.45) is 5.55. The number of nitro benzene ring substituents is 1. The van der Waals surface area contributed by atoms with Crippen molar-refractivity contribution in [1.29, 1.82) is 0 Å². The van der Waals surface area contributed by atoms with E-state index in [0.29, 0.717) is 36.3 Å². The third-order valence-electron chi connectivity index (χ3n) is 9.38. The quantitative estimate of drug-likeness (QED) is 0.187. The van der Waals surface area contributed by atoms with Crippen molar-refractivity contribution in [2.75, 3.05) is 23.1 Å². The molecule has 0 aliphatic carbocycles. The van der Waals surface area contributed by atoms with Gasteiger partial charge in [0.05, 0.1) is 41.2 Å². The third-order valence-corrected chi connectivity index (χ3v) is 9.38. The molecule has 6 rings (SSSR count). The number of carbonyl (C=O) groups is 3. The number of hydrogen-bond acceptors (Lipinski definition) is 8. The number of non-ortho nitro benzene ring substituents is 1. The Morgan fingerprint density at radius 1 is 1.10 bits per heavy atom. The predicted octanol–water partition coefficient (Wildman–Crippen LogP) is 4.43. The number of likely N-dealkylation sites (tertiary alicyclic amines) is 1. The molecule has 3 aliphatic heterocycles. The van der Waals surface area contributed by atoms with Crippen LogP contribution in [0.5, 0.6) is 0 Å². The van der Waals surface area contributed by atoms with Crippen LogP contribution in [0.25, 0.3) is 0 Å². The largest absolute Gasteiger partial charge is 0.394 e. The lowest BCUT2D eigenvalue weighted by Gasteiger charge is -2.28. The van der Waals surface area contributed by atoms with Crippen LogP contribution in [0.4, 0.5) is 17.1 Å². The van der Waals surface area contributed by atoms with Gasteiger partial charge in [-0.25, -0.2) is 5.01 Å². The molecule has 2 N–H and O–H groups in total. The SMILES string of the molecule is C[C@@H](/C=C/CC(=O)N1CCC[C@H]1CO)[C@]1(O)C(=O)N(Cc2cccc(N3N=C(c4ccccc4)CCC3=O)c2)c2ccc([N+](=O)[O-])cc21. The molecule has 1 saturated heterocycles. The summed E-state index contributed by atoms with van der Waals surface area (Å²) in [5.41, 5.74) is 0.916. The van der Waals surface area contributed by atoms with E-state index in [1.54, 1.807) is 48.2 Å². The summed E-state index contributed by atoms with van der Waals surface area (Å²) in [4.78, 5) is 54.0. The van der Waals surface area contributed by atoms with E-state index in [1.165, 1.54) is 28.1 Å². The molecule has 1 fully saturated rings. The molecule has 3 amide bonds. The van der Waals surface area contributed by atoms with E-state index in [1.807, 2.05) is 30.3 Å². The van der Waals surface area contributed by atoms with E-state index < -0.39 is 22.3 Å². The van der Waals surface area contributed by atoms with Gasteiger partial charge in [0.15, 0.2) is 5.60 Å². The number of hydrazone groups is 1. The molecule has 12 nitrogen and oxygen atoms in total. The molecule has 0 unspecified atom stereocenters. The number of nitro groups is 1. The van der Waals surface area contributed by atoms with Crippen LogP contribution < -0.4 is 9.91 Å². The minimum Gasteiger partial charge on any atom is -0.394 e. The first-order chi connectivity index (χ1) is 23.1. The number of aliphatic hydroxyl groups excluding tert-OH is 1. The Balaban J connectivity index is 1.27. The molecule has 0 bridgehead atoms. The Hall–Kier alpha value is -5.20. The summed E-state index contributed by atoms with van der Waals surface area (Å²) >= 11 is 0. The Morgan fingerprint density at radius 3 is 2.65 bits per heavy atom. The van der Waals surface area contributed by atoms with E-state index in [4.69, 9.17) is 0 Å². The number of nitrogens with zero attached hydrogens (tertiary/aromatic N) is 5. The molecule has 248 valence electrons. The number of aliphatic hydroxyl groups is 2. The van der Waals surface area contributed by atoms with E-state index in [-0.39, 0.29) is 48.7 Å². The van der Waals surface area contributed by atoms with Crippen molar-refractivity contribution in [2.24, 2.45) is 11.0 Å². The monoisotopic (exact) mass is 651 g/mol. The molecule has 12 heteroatoms. The Labute approximate surface area is 277 Å². The maximum atomic E-state index is 14.1. The lowest BCUT2D eigenvalue weighted by molar-refractivity contribution is -0.385. The van der Waals surface area contributed by atoms with E-state index in [2.05, 4.69) is 5.10 Å². The summed E-state index contributed by atoms with van der Waals surface area (Å²) in [5, 5.41) is 39.3. The lowest BCUT2D eigenvalue weighted by atomic mass is 9.82. The van der Waals surface area contributed by atoms with Crippen LogP contribution in [0.3, 0.4) is 0 Å². The van der Waals surface area contributed by atoms with Gasteiger partial charge in [0, 0.05) is 49.4 Å². The minimum atomic E-state index is -2.14. The summed E-state index contributed by atoms with van der Waals surface area (Å²) in [7, 11) is 0. The van der Waals surface area contributed by atoms with Crippen LogP contribution in [0.2, 0.25) is 0 Å². The van der Waals surface area contributed by atoms with Gasteiger partial charge in [-0.05, 0) is 42.2 Å². The maximum Gasteiger partial charge on any atom is 0.269 e. The van der Waals surface area contributed by atoms with Gasteiger partial charge in [0.1, 0.15) is 0 Å². The Morgan fingerprint density at radius 2 is 1.90 bits per heavy atom. The van der Waals surface area contributed by atoms with Crippen LogP contribution in [-0.4, -0.2) is 62.7 Å². The number of anilines is 2. The zero-order valence-corrected chi connectivity index (χ0v) is 26.6. The fourth-order valence-corrected chi connectivity index (χ4v) is 6.75. The second-order valence-corrected chi connectivity index (χ2v) is 12.4. The van der Waals surface area contributed by atoms with Gasteiger partial charge in [0.25, 0.3) is 11.6 Å². The van der Waals surface area contributed by atoms with Crippen molar-refractivity contribution in [3.05, 3.63) is 112 Å². The third kappa shape index (κ3) is 6.12. The first kappa shape index (κ1) is 32.7. The normalized spacial score (nSPS) is 21.5. The van der Waals surface area contributed by atoms with Gasteiger partial charge in [-0.15, -0.1) is 0 Å². The minimum absolute atomic E-state index is 0.0174. The van der Waals surface area contributed by atoms with Gasteiger partial charge in [0.2, 0.25) is 11.8 Å². The maximum absolute atomic E-state index is 14.1. The highest BCUT2D eigenvalue weighted by Gasteiger charge is 2.53. The second kappa shape index (κ2) is 13.5. The topological polar surface area (TPSA) is 157 Å². The highest BCUT2D eigenvalue weighted by molar-refractivity contribution is 6.09. The summed E-state index contributed by atoms with van der Waals surface area (Å²) in [5.74, 6) is -1.83. The number of hydrogen-bond donors (Lipinski definition) is 2. The molecule has 0 aromatic heterocycles. The molecule has 3 heterocycles. The average molecular weight is 652 g/mol. The van der Waals surface area contributed by atoms with Gasteiger partial charge in [-0.3, -0.25) is 24.5 Å². The molecule has 0 spiro atoms. The van der Waals surface area contributed by atoms with Crippen molar-refractivity contribution in [1.82, 2.24) is 4.90 Å². The average Bonchev–Trinajstić information content (AvgIpc) is 3.67. The highest BCUT2D eigenvalue weighted by atomic mass is 16.6. The van der Waals surface area contributed by atoms with Crippen LogP contribution in [0, 0.1) is 16.0 Å². The smallest absolute Gasteiger partial charge is 0.269 e. The number of fused-ring (bicyclic) bond motifs is 1. The number of benzene rings is 3. The fourth-order valence-electron chi connectivity index (χ4n) is 6.75. The van der Waals surface area contributed by atoms with Gasteiger partial charge in [-0.2, -0.15) is 5.10 Å². The number of rotatable bonds is 10. The summed E-state index contributed by atoms with van der Waals surface area (Å²) in [6, 6.07) is 20.5. The molecule has 3 aromatic rings.